The molecule has 1 unspecified atom stereocenters. The van der Waals surface area contributed by atoms with Crippen molar-refractivity contribution in [1.82, 2.24) is 15.1 Å². The summed E-state index contributed by atoms with van der Waals surface area (Å²) in [5.41, 5.74) is 4.21. The average molecular weight is 363 g/mol. The maximum atomic E-state index is 12.0. The SMILES string of the molecule is CCCNC(=O)C[NH+](C)Cc1cn(-c2ccccc2)nc1-c1ccccc1. The number of amides is 1. The smallest absolute Gasteiger partial charge is 0.275 e. The van der Waals surface area contributed by atoms with Gasteiger partial charge < -0.3 is 10.2 Å². The van der Waals surface area contributed by atoms with E-state index in [2.05, 4.69) is 30.6 Å². The lowest BCUT2D eigenvalue weighted by Gasteiger charge is -2.13. The molecule has 5 heteroatoms. The number of benzene rings is 2. The number of likely N-dealkylation sites (N-methyl/N-ethyl adjacent to an activating group) is 1. The fourth-order valence-corrected chi connectivity index (χ4v) is 3.08. The van der Waals surface area contributed by atoms with Crippen molar-refractivity contribution in [2.24, 2.45) is 0 Å². The lowest BCUT2D eigenvalue weighted by atomic mass is 10.1. The minimum atomic E-state index is 0.0889. The highest BCUT2D eigenvalue weighted by Crippen LogP contribution is 2.23. The molecule has 0 spiro atoms. The van der Waals surface area contributed by atoms with E-state index < -0.39 is 0 Å². The second-order valence-corrected chi connectivity index (χ2v) is 6.81. The topological polar surface area (TPSA) is 51.4 Å². The number of nitrogens with zero attached hydrogens (tertiary/aromatic N) is 2. The zero-order chi connectivity index (χ0) is 19.1. The predicted molar refractivity (Wildman–Crippen MR) is 108 cm³/mol. The zero-order valence-electron chi connectivity index (χ0n) is 16.0. The van der Waals surface area contributed by atoms with E-state index in [1.54, 1.807) is 0 Å². The van der Waals surface area contributed by atoms with Crippen LogP contribution in [-0.2, 0) is 11.3 Å². The van der Waals surface area contributed by atoms with Crippen molar-refractivity contribution >= 4 is 5.91 Å². The molecule has 1 atom stereocenters. The van der Waals surface area contributed by atoms with Crippen LogP contribution in [0.25, 0.3) is 16.9 Å². The molecule has 0 aliphatic carbocycles. The molecule has 1 aromatic heterocycles. The van der Waals surface area contributed by atoms with Crippen LogP contribution < -0.4 is 10.2 Å². The molecule has 140 valence electrons. The lowest BCUT2D eigenvalue weighted by molar-refractivity contribution is -0.885. The molecule has 0 aliphatic heterocycles. The van der Waals surface area contributed by atoms with Crippen molar-refractivity contribution in [2.45, 2.75) is 19.9 Å². The molecule has 1 amide bonds. The summed E-state index contributed by atoms with van der Waals surface area (Å²) in [6, 6.07) is 20.3. The number of rotatable bonds is 8. The molecule has 0 aliphatic rings. The van der Waals surface area contributed by atoms with E-state index >= 15 is 0 Å². The maximum absolute atomic E-state index is 12.0. The molecule has 1 heterocycles. The number of hydrogen-bond donors (Lipinski definition) is 2. The van der Waals surface area contributed by atoms with Crippen LogP contribution in [-0.4, -0.2) is 35.8 Å². The summed E-state index contributed by atoms with van der Waals surface area (Å²) < 4.78 is 1.92. The first-order chi connectivity index (χ1) is 13.2. The van der Waals surface area contributed by atoms with Crippen LogP contribution in [0.4, 0.5) is 0 Å². The Morgan fingerprint density at radius 3 is 2.41 bits per heavy atom. The molecule has 2 N–H and O–H groups in total. The Morgan fingerprint density at radius 1 is 1.07 bits per heavy atom. The molecule has 3 rings (SSSR count). The first-order valence-corrected chi connectivity index (χ1v) is 9.44. The van der Waals surface area contributed by atoms with E-state index in [1.165, 1.54) is 0 Å². The summed E-state index contributed by atoms with van der Waals surface area (Å²) in [6.45, 7) is 3.97. The highest BCUT2D eigenvalue weighted by molar-refractivity contribution is 5.76. The summed E-state index contributed by atoms with van der Waals surface area (Å²) in [5.74, 6) is 0.0889. The Labute approximate surface area is 160 Å². The second-order valence-electron chi connectivity index (χ2n) is 6.81. The van der Waals surface area contributed by atoms with Crippen molar-refractivity contribution < 1.29 is 9.69 Å². The van der Waals surface area contributed by atoms with Crippen LogP contribution in [0.1, 0.15) is 18.9 Å². The summed E-state index contributed by atoms with van der Waals surface area (Å²) in [7, 11) is 2.04. The Bertz CT molecular complexity index is 859. The van der Waals surface area contributed by atoms with Gasteiger partial charge >= 0.3 is 0 Å². The Hall–Kier alpha value is -2.92. The Kier molecular flexibility index (Phi) is 6.39. The van der Waals surface area contributed by atoms with Crippen LogP contribution in [0, 0.1) is 0 Å². The monoisotopic (exact) mass is 363 g/mol. The van der Waals surface area contributed by atoms with Gasteiger partial charge in [-0.2, -0.15) is 5.10 Å². The van der Waals surface area contributed by atoms with Gasteiger partial charge in [0.15, 0.2) is 6.54 Å². The molecule has 0 saturated carbocycles. The largest absolute Gasteiger partial charge is 0.351 e. The van der Waals surface area contributed by atoms with E-state index in [-0.39, 0.29) is 5.91 Å². The Balaban J connectivity index is 1.84. The molecular weight excluding hydrogens is 336 g/mol. The highest BCUT2D eigenvalue weighted by atomic mass is 16.2. The molecule has 3 aromatic rings. The van der Waals surface area contributed by atoms with Gasteiger partial charge in [0.25, 0.3) is 5.91 Å². The van der Waals surface area contributed by atoms with Crippen LogP contribution in [0.2, 0.25) is 0 Å². The van der Waals surface area contributed by atoms with Gasteiger partial charge in [0, 0.05) is 18.3 Å². The molecule has 27 heavy (non-hydrogen) atoms. The van der Waals surface area contributed by atoms with E-state index in [9.17, 15) is 4.79 Å². The minimum absolute atomic E-state index is 0.0889. The minimum Gasteiger partial charge on any atom is -0.351 e. The molecule has 2 aromatic carbocycles. The van der Waals surface area contributed by atoms with Crippen LogP contribution in [0.15, 0.2) is 66.9 Å². The standard InChI is InChI=1S/C22H26N4O/c1-3-14-23-21(27)17-25(2)15-19-16-26(20-12-8-5-9-13-20)24-22(19)18-10-6-4-7-11-18/h4-13,16H,3,14-15,17H2,1-2H3,(H,23,27)/p+1. The van der Waals surface area contributed by atoms with Crippen molar-refractivity contribution in [1.29, 1.82) is 0 Å². The number of para-hydroxylation sites is 1. The molecule has 0 fully saturated rings. The average Bonchev–Trinajstić information content (AvgIpc) is 3.11. The maximum Gasteiger partial charge on any atom is 0.275 e. The van der Waals surface area contributed by atoms with Gasteiger partial charge in [-0.1, -0.05) is 55.5 Å². The second kappa shape index (κ2) is 9.14. The third kappa shape index (κ3) is 5.05. The third-order valence-electron chi connectivity index (χ3n) is 4.38. The first kappa shape index (κ1) is 18.9. The van der Waals surface area contributed by atoms with Gasteiger partial charge in [0.2, 0.25) is 0 Å². The molecular formula is C22H27N4O+. The van der Waals surface area contributed by atoms with E-state index in [0.29, 0.717) is 6.54 Å². The third-order valence-corrected chi connectivity index (χ3v) is 4.38. The fraction of sp³-hybridized carbons (Fsp3) is 0.273. The van der Waals surface area contributed by atoms with Gasteiger partial charge in [0.1, 0.15) is 12.2 Å². The molecule has 0 bridgehead atoms. The van der Waals surface area contributed by atoms with E-state index in [0.717, 1.165) is 46.9 Å². The van der Waals surface area contributed by atoms with Crippen molar-refractivity contribution in [2.75, 3.05) is 20.1 Å². The molecule has 0 saturated heterocycles. The predicted octanol–water partition coefficient (Wildman–Crippen LogP) is 2.08. The molecule has 5 nitrogen and oxygen atoms in total. The molecule has 0 radical (unpaired) electrons. The fourth-order valence-electron chi connectivity index (χ4n) is 3.08. The number of quaternary nitrogens is 1. The zero-order valence-corrected chi connectivity index (χ0v) is 16.0. The van der Waals surface area contributed by atoms with Crippen molar-refractivity contribution in [3.63, 3.8) is 0 Å². The van der Waals surface area contributed by atoms with Gasteiger partial charge in [-0.15, -0.1) is 0 Å². The number of carbonyl (C=O) groups excluding carboxylic acids is 1. The first-order valence-electron chi connectivity index (χ1n) is 9.44. The van der Waals surface area contributed by atoms with Crippen LogP contribution >= 0.6 is 0 Å². The lowest BCUT2D eigenvalue weighted by Crippen LogP contribution is -3.08. The Morgan fingerprint density at radius 2 is 1.74 bits per heavy atom. The van der Waals surface area contributed by atoms with Gasteiger partial charge in [-0.3, -0.25) is 4.79 Å². The van der Waals surface area contributed by atoms with Gasteiger partial charge in [0.05, 0.1) is 18.3 Å². The van der Waals surface area contributed by atoms with Gasteiger partial charge in [-0.25, -0.2) is 4.68 Å². The van der Waals surface area contributed by atoms with Crippen molar-refractivity contribution in [3.05, 3.63) is 72.4 Å². The summed E-state index contributed by atoms with van der Waals surface area (Å²) in [6.07, 6.45) is 3.03. The number of carbonyl (C=O) groups is 1. The van der Waals surface area contributed by atoms with Crippen molar-refractivity contribution in [3.8, 4) is 16.9 Å². The van der Waals surface area contributed by atoms with E-state index in [1.807, 2.05) is 60.3 Å². The van der Waals surface area contributed by atoms with Gasteiger partial charge in [-0.05, 0) is 18.6 Å². The number of hydrogen-bond acceptors (Lipinski definition) is 2. The van der Waals surface area contributed by atoms with Crippen LogP contribution in [0.3, 0.4) is 0 Å². The summed E-state index contributed by atoms with van der Waals surface area (Å²) in [4.78, 5) is 13.2. The quantitative estimate of drug-likeness (QED) is 0.644. The normalized spacial score (nSPS) is 11.9. The number of nitrogens with one attached hydrogen (secondary N) is 2. The summed E-state index contributed by atoms with van der Waals surface area (Å²) in [5, 5.41) is 7.78. The highest BCUT2D eigenvalue weighted by Gasteiger charge is 2.17. The summed E-state index contributed by atoms with van der Waals surface area (Å²) >= 11 is 0. The number of aromatic nitrogens is 2. The van der Waals surface area contributed by atoms with E-state index in [4.69, 9.17) is 5.10 Å². The van der Waals surface area contributed by atoms with Crippen LogP contribution in [0.5, 0.6) is 0 Å².